The highest BCUT2D eigenvalue weighted by Crippen LogP contribution is 2.20. The van der Waals surface area contributed by atoms with E-state index in [1.807, 2.05) is 0 Å². The number of carbonyl (C=O) groups excluding carboxylic acids is 1. The molecule has 1 amide bonds. The van der Waals surface area contributed by atoms with E-state index in [0.717, 1.165) is 4.90 Å². The van der Waals surface area contributed by atoms with Crippen molar-refractivity contribution in [3.63, 3.8) is 0 Å². The van der Waals surface area contributed by atoms with Crippen LogP contribution in [0.15, 0.2) is 36.9 Å². The van der Waals surface area contributed by atoms with Gasteiger partial charge in [0.25, 0.3) is 12.3 Å². The Morgan fingerprint density at radius 1 is 1.45 bits per heavy atom. The van der Waals surface area contributed by atoms with E-state index >= 15 is 0 Å². The number of hydrogen-bond acceptors (Lipinski definition) is 3. The Hall–Kier alpha value is -1.95. The van der Waals surface area contributed by atoms with E-state index in [1.165, 1.54) is 12.1 Å². The van der Waals surface area contributed by atoms with E-state index in [0.29, 0.717) is 5.75 Å². The van der Waals surface area contributed by atoms with Crippen molar-refractivity contribution in [3.8, 4) is 5.75 Å². The van der Waals surface area contributed by atoms with Crippen molar-refractivity contribution in [1.29, 1.82) is 0 Å². The summed E-state index contributed by atoms with van der Waals surface area (Å²) in [6.45, 7) is 2.45. The highest BCUT2D eigenvalue weighted by atomic mass is 19.3. The number of halogens is 2. The first-order valence-electron chi connectivity index (χ1n) is 6.11. The number of aliphatic hydroxyl groups excluding tert-OH is 1. The van der Waals surface area contributed by atoms with Crippen molar-refractivity contribution in [2.24, 2.45) is 0 Å². The summed E-state index contributed by atoms with van der Waals surface area (Å²) in [6, 6.07) is 6.37. The van der Waals surface area contributed by atoms with Gasteiger partial charge in [-0.1, -0.05) is 24.8 Å². The minimum absolute atomic E-state index is 0.154. The molecule has 1 aromatic carbocycles. The van der Waals surface area contributed by atoms with Crippen LogP contribution in [0.3, 0.4) is 0 Å². The number of alkyl halides is 2. The Morgan fingerprint density at radius 2 is 2.15 bits per heavy atom. The fraction of sp³-hybridized carbons (Fsp3) is 0.357. The quantitative estimate of drug-likeness (QED) is 0.743. The van der Waals surface area contributed by atoms with E-state index in [-0.39, 0.29) is 25.3 Å². The molecule has 0 bridgehead atoms. The third-order valence-corrected chi connectivity index (χ3v) is 2.49. The first kappa shape index (κ1) is 16.1. The first-order chi connectivity index (χ1) is 9.60. The van der Waals surface area contributed by atoms with Gasteiger partial charge in [0.15, 0.2) is 0 Å². The van der Waals surface area contributed by atoms with Gasteiger partial charge >= 0.3 is 0 Å². The maximum absolute atomic E-state index is 12.5. The summed E-state index contributed by atoms with van der Waals surface area (Å²) in [4.78, 5) is 13.1. The van der Waals surface area contributed by atoms with Crippen LogP contribution in [-0.4, -0.2) is 48.6 Å². The van der Waals surface area contributed by atoms with Gasteiger partial charge in [0.2, 0.25) is 0 Å². The van der Waals surface area contributed by atoms with Gasteiger partial charge in [0.05, 0.1) is 18.7 Å². The van der Waals surface area contributed by atoms with Crippen LogP contribution in [0.5, 0.6) is 5.75 Å². The second kappa shape index (κ2) is 8.27. The molecule has 1 N–H and O–H groups in total. The maximum atomic E-state index is 12.5. The van der Waals surface area contributed by atoms with Crippen molar-refractivity contribution >= 4 is 5.91 Å². The van der Waals surface area contributed by atoms with Crippen molar-refractivity contribution in [2.75, 3.05) is 26.3 Å². The molecule has 0 radical (unpaired) electrons. The third kappa shape index (κ3) is 4.62. The molecular weight excluding hydrogens is 268 g/mol. The summed E-state index contributed by atoms with van der Waals surface area (Å²) in [6.07, 6.45) is -1.14. The zero-order valence-corrected chi connectivity index (χ0v) is 11.0. The summed E-state index contributed by atoms with van der Waals surface area (Å²) in [5.41, 5.74) is 0.184. The Bertz CT molecular complexity index is 452. The number of hydrogen-bond donors (Lipinski definition) is 1. The Balaban J connectivity index is 2.95. The van der Waals surface area contributed by atoms with E-state index in [2.05, 4.69) is 6.58 Å². The molecule has 110 valence electrons. The van der Waals surface area contributed by atoms with Crippen LogP contribution in [0, 0.1) is 0 Å². The zero-order valence-electron chi connectivity index (χ0n) is 11.0. The lowest BCUT2D eigenvalue weighted by Gasteiger charge is -2.22. The van der Waals surface area contributed by atoms with Gasteiger partial charge in [-0.25, -0.2) is 8.78 Å². The highest BCUT2D eigenvalue weighted by molar-refractivity contribution is 5.97. The molecule has 1 aromatic rings. The minimum atomic E-state index is -2.66. The molecule has 0 heterocycles. The largest absolute Gasteiger partial charge is 0.489 e. The molecule has 0 aliphatic rings. The highest BCUT2D eigenvalue weighted by Gasteiger charge is 2.21. The van der Waals surface area contributed by atoms with Gasteiger partial charge in [-0.05, 0) is 12.1 Å². The summed E-state index contributed by atoms with van der Waals surface area (Å²) in [5, 5.41) is 8.87. The third-order valence-electron chi connectivity index (χ3n) is 2.49. The number of aliphatic hydroxyl groups is 1. The number of ether oxygens (including phenoxy) is 1. The number of carbonyl (C=O) groups is 1. The second-order valence-corrected chi connectivity index (χ2v) is 3.96. The molecule has 20 heavy (non-hydrogen) atoms. The van der Waals surface area contributed by atoms with Crippen LogP contribution in [0.4, 0.5) is 8.78 Å². The predicted molar refractivity (Wildman–Crippen MR) is 71.1 cm³/mol. The Labute approximate surface area is 116 Å². The molecule has 4 nitrogen and oxygen atoms in total. The number of benzene rings is 1. The summed E-state index contributed by atoms with van der Waals surface area (Å²) >= 11 is 0. The van der Waals surface area contributed by atoms with Crippen molar-refractivity contribution in [1.82, 2.24) is 4.90 Å². The molecule has 0 atom stereocenters. The molecule has 6 heteroatoms. The average Bonchev–Trinajstić information content (AvgIpc) is 2.44. The van der Waals surface area contributed by atoms with Gasteiger partial charge in [-0.15, -0.1) is 0 Å². The SMILES string of the molecule is C=CCOc1ccccc1C(=O)N(CCO)CC(F)F. The van der Waals surface area contributed by atoms with E-state index < -0.39 is 18.9 Å². The van der Waals surface area contributed by atoms with Crippen LogP contribution in [0.2, 0.25) is 0 Å². The summed E-state index contributed by atoms with van der Waals surface area (Å²) in [5.74, 6) is -0.298. The van der Waals surface area contributed by atoms with E-state index in [4.69, 9.17) is 9.84 Å². The second-order valence-electron chi connectivity index (χ2n) is 3.96. The maximum Gasteiger partial charge on any atom is 0.257 e. The molecule has 0 saturated carbocycles. The molecule has 0 aromatic heterocycles. The normalized spacial score (nSPS) is 10.4. The van der Waals surface area contributed by atoms with Crippen LogP contribution in [0.1, 0.15) is 10.4 Å². The molecule has 0 unspecified atom stereocenters. The molecule has 0 saturated heterocycles. The lowest BCUT2D eigenvalue weighted by molar-refractivity contribution is 0.0506. The lowest BCUT2D eigenvalue weighted by Crippen LogP contribution is -2.37. The van der Waals surface area contributed by atoms with Gasteiger partial charge < -0.3 is 14.7 Å². The molecule has 0 fully saturated rings. The standard InChI is InChI=1S/C14H17F2NO3/c1-2-9-20-12-6-4-3-5-11(12)14(19)17(7-8-18)10-13(15)16/h2-6,13,18H,1,7-10H2. The first-order valence-corrected chi connectivity index (χ1v) is 6.11. The monoisotopic (exact) mass is 285 g/mol. The minimum Gasteiger partial charge on any atom is -0.489 e. The fourth-order valence-corrected chi connectivity index (χ4v) is 1.65. The van der Waals surface area contributed by atoms with Gasteiger partial charge in [0.1, 0.15) is 12.4 Å². The van der Waals surface area contributed by atoms with Gasteiger partial charge in [0, 0.05) is 6.54 Å². The number of nitrogens with zero attached hydrogens (tertiary/aromatic N) is 1. The lowest BCUT2D eigenvalue weighted by atomic mass is 10.1. The number of para-hydroxylation sites is 1. The fourth-order valence-electron chi connectivity index (χ4n) is 1.65. The molecule has 0 aliphatic carbocycles. The van der Waals surface area contributed by atoms with Crippen LogP contribution >= 0.6 is 0 Å². The van der Waals surface area contributed by atoms with Crippen LogP contribution in [0.25, 0.3) is 0 Å². The summed E-state index contributed by atoms with van der Waals surface area (Å²) < 4.78 is 30.3. The van der Waals surface area contributed by atoms with E-state index in [1.54, 1.807) is 18.2 Å². The average molecular weight is 285 g/mol. The van der Waals surface area contributed by atoms with Crippen LogP contribution < -0.4 is 4.74 Å². The topological polar surface area (TPSA) is 49.8 Å². The van der Waals surface area contributed by atoms with Gasteiger partial charge in [-0.3, -0.25) is 4.79 Å². The molecule has 0 aliphatic heterocycles. The molecule has 1 rings (SSSR count). The van der Waals surface area contributed by atoms with Gasteiger partial charge in [-0.2, -0.15) is 0 Å². The Morgan fingerprint density at radius 3 is 2.75 bits per heavy atom. The smallest absolute Gasteiger partial charge is 0.257 e. The van der Waals surface area contributed by atoms with Crippen molar-refractivity contribution in [2.45, 2.75) is 6.43 Å². The zero-order chi connectivity index (χ0) is 15.0. The van der Waals surface area contributed by atoms with E-state index in [9.17, 15) is 13.6 Å². The summed E-state index contributed by atoms with van der Waals surface area (Å²) in [7, 11) is 0. The van der Waals surface area contributed by atoms with Crippen molar-refractivity contribution in [3.05, 3.63) is 42.5 Å². The van der Waals surface area contributed by atoms with Crippen molar-refractivity contribution < 1.29 is 23.4 Å². The predicted octanol–water partition coefficient (Wildman–Crippen LogP) is 1.95. The Kier molecular flexibility index (Phi) is 6.66. The number of rotatable bonds is 8. The molecular formula is C14H17F2NO3. The van der Waals surface area contributed by atoms with Crippen LogP contribution in [-0.2, 0) is 0 Å². The molecule has 0 spiro atoms. The number of amides is 1.